The van der Waals surface area contributed by atoms with Gasteiger partial charge in [-0.1, -0.05) is 95.3 Å². The number of unbranched alkanes of at least 4 members (excludes halogenated alkanes) is 1. The van der Waals surface area contributed by atoms with Crippen molar-refractivity contribution < 1.29 is 65.2 Å². The van der Waals surface area contributed by atoms with Gasteiger partial charge in [0, 0.05) is 77.4 Å². The zero-order chi connectivity index (χ0) is 79.7. The first-order valence-electron chi connectivity index (χ1n) is 42.4. The van der Waals surface area contributed by atoms with E-state index in [0.717, 1.165) is 103 Å². The predicted molar refractivity (Wildman–Crippen MR) is 416 cm³/mol. The Hall–Kier alpha value is -5.09. The van der Waals surface area contributed by atoms with Crippen LogP contribution in [0.5, 0.6) is 0 Å². The number of ether oxygens (including phenoxy) is 7. The third-order valence-corrected chi connectivity index (χ3v) is 35.2. The number of carbonyl (C=O) groups is 1. The van der Waals surface area contributed by atoms with Gasteiger partial charge in [-0.15, -0.1) is 0 Å². The molecule has 2 spiro atoms. The van der Waals surface area contributed by atoms with E-state index in [1.165, 1.54) is 39.8 Å². The molecular formula is C81H120N12O18P2. The lowest BCUT2D eigenvalue weighted by Crippen LogP contribution is -2.52. The molecule has 30 nitrogen and oxygen atoms in total. The van der Waals surface area contributed by atoms with E-state index in [4.69, 9.17) is 51.3 Å². The van der Waals surface area contributed by atoms with Gasteiger partial charge in [0.1, 0.15) is 18.5 Å². The molecule has 0 bridgehead atoms. The van der Waals surface area contributed by atoms with Crippen LogP contribution in [0.15, 0.2) is 65.1 Å². The number of H-pyrrole nitrogens is 2. The second kappa shape index (κ2) is 31.2. The van der Waals surface area contributed by atoms with Crippen LogP contribution in [0.1, 0.15) is 227 Å². The van der Waals surface area contributed by atoms with E-state index in [-0.39, 0.29) is 90.3 Å². The first-order valence-corrected chi connectivity index (χ1v) is 45.5. The number of methoxy groups -OCH3 is 1. The number of esters is 1. The van der Waals surface area contributed by atoms with E-state index in [1.54, 1.807) is 13.8 Å². The van der Waals surface area contributed by atoms with Crippen LogP contribution in [0.2, 0.25) is 0 Å². The normalized spacial score (nSPS) is 44.0. The Morgan fingerprint density at radius 2 is 1.09 bits per heavy atom. The fourth-order valence-electron chi connectivity index (χ4n) is 25.7. The second-order valence-electron chi connectivity index (χ2n) is 37.9. The lowest BCUT2D eigenvalue weighted by atomic mass is 9.47. The molecule has 5 unspecified atom stereocenters. The van der Waals surface area contributed by atoms with Crippen LogP contribution < -0.4 is 32.7 Å². The van der Waals surface area contributed by atoms with Crippen molar-refractivity contribution in [3.05, 3.63) is 109 Å². The van der Waals surface area contributed by atoms with Gasteiger partial charge in [-0.25, -0.2) is 28.9 Å². The summed E-state index contributed by atoms with van der Waals surface area (Å²) in [6.45, 7) is 23.0. The average molecular weight is 1610 g/mol. The minimum atomic E-state index is -4.61. The van der Waals surface area contributed by atoms with Crippen LogP contribution in [0.4, 0.5) is 0 Å². The Kier molecular flexibility index (Phi) is 22.6. The van der Waals surface area contributed by atoms with Crippen LogP contribution in [-0.2, 0) is 65.2 Å². The molecule has 113 heavy (non-hydrogen) atoms. The molecule has 4 N–H and O–H groups in total. The van der Waals surface area contributed by atoms with Crippen molar-refractivity contribution in [3.63, 3.8) is 0 Å². The van der Waals surface area contributed by atoms with Crippen LogP contribution in [0.25, 0.3) is 20.9 Å². The average Bonchev–Trinajstić information content (AvgIpc) is 1.56. The van der Waals surface area contributed by atoms with Crippen molar-refractivity contribution in [1.82, 2.24) is 29.3 Å². The molecule has 14 aliphatic rings. The number of fused-ring (bicyclic) bond motifs is 14. The van der Waals surface area contributed by atoms with E-state index in [0.29, 0.717) is 96.7 Å². The van der Waals surface area contributed by atoms with Crippen molar-refractivity contribution in [2.24, 2.45) is 103 Å². The summed E-state index contributed by atoms with van der Waals surface area (Å²) in [4.78, 5) is 76.2. The smallest absolute Gasteiger partial charge is 0.406 e. The molecule has 622 valence electrons. The third-order valence-electron chi connectivity index (χ3n) is 31.8. The highest BCUT2D eigenvalue weighted by atomic mass is 31.2. The number of allylic oxidation sites excluding steroid dienone is 2. The highest BCUT2D eigenvalue weighted by Crippen LogP contribution is 2.74. The van der Waals surface area contributed by atoms with Gasteiger partial charge in [0.25, 0.3) is 11.1 Å². The number of nitrogens with one attached hydrogen (secondary N) is 4. The summed E-state index contributed by atoms with van der Waals surface area (Å²) >= 11 is 0. The van der Waals surface area contributed by atoms with Gasteiger partial charge in [-0.05, 0) is 221 Å². The van der Waals surface area contributed by atoms with Gasteiger partial charge in [0.05, 0.1) is 82.2 Å². The molecular weight excluding hydrogens is 1490 g/mol. The van der Waals surface area contributed by atoms with E-state index in [2.05, 4.69) is 108 Å². The summed E-state index contributed by atoms with van der Waals surface area (Å²) in [5.41, 5.74) is 20.1. The van der Waals surface area contributed by atoms with Gasteiger partial charge in [0.2, 0.25) is 0 Å². The Bertz CT molecular complexity index is 4470. The summed E-state index contributed by atoms with van der Waals surface area (Å²) in [6, 6.07) is -3.06. The summed E-state index contributed by atoms with van der Waals surface area (Å²) in [5, 5.41) is 14.2. The predicted octanol–water partition coefficient (Wildman–Crippen LogP) is 14.3. The summed E-state index contributed by atoms with van der Waals surface area (Å²) in [5.74, 6) is 3.68. The molecule has 31 atom stereocenters. The van der Waals surface area contributed by atoms with Crippen LogP contribution in [-0.4, -0.2) is 131 Å². The molecule has 0 amide bonds. The van der Waals surface area contributed by atoms with Crippen molar-refractivity contribution in [2.45, 2.75) is 296 Å². The molecule has 32 heteroatoms. The number of carbonyl (C=O) groups excluding carboxylic acids is 1. The number of aromatic amines is 2. The maximum Gasteiger partial charge on any atom is 0.406 e. The highest BCUT2D eigenvalue weighted by Gasteiger charge is 2.71. The molecule has 2 aromatic heterocycles. The fourth-order valence-corrected chi connectivity index (χ4v) is 29.0. The molecule has 2 aromatic rings. The number of aromatic nitrogens is 4. The van der Waals surface area contributed by atoms with Crippen molar-refractivity contribution in [3.8, 4) is 0 Å². The number of hydrogen-bond donors (Lipinski definition) is 4. The SMILES string of the molecule is COC(=O)C(CCCCNP(=O)(OC[C@H]1O[C@@H](n2cc(C)c(=O)[nH]c2=O)C[C@@H]1N=[N+]=[N-])OC1CC[C@@]2(C)C(=CC[C@H]3[C@@H]4C[C@@H]5O[C@]6(CC[C@@H](C)CO6)[C@@H](C)[C@@H]5[C@@]4(C)CC[C@@H]32)C1)NP(=O)(OC[C@H]1O[C@@H](n2cc(C)c(=O)[nH]c2=O)C[C@@H]1N=[N+]=[N-])OC1CC[C@@]2(C)C(=CC[C@H]3[C@@H]4C[C@@H]5O[C@]6(CC[C@@H](C)CO6)[C@@H](C)[C@@H]5[C@@]4(C)CC[C@@H]32)C1. The molecule has 6 saturated heterocycles. The van der Waals surface area contributed by atoms with Gasteiger partial charge >= 0.3 is 32.8 Å². The zero-order valence-electron chi connectivity index (χ0n) is 67.7. The van der Waals surface area contributed by atoms with Gasteiger partial charge < -0.3 is 33.2 Å². The first kappa shape index (κ1) is 81.6. The Balaban J connectivity index is 0.614. The third kappa shape index (κ3) is 14.7. The molecule has 8 heterocycles. The summed E-state index contributed by atoms with van der Waals surface area (Å²) < 4.78 is 106. The minimum Gasteiger partial charge on any atom is -0.468 e. The van der Waals surface area contributed by atoms with Crippen molar-refractivity contribution in [1.29, 1.82) is 0 Å². The quantitative estimate of drug-likeness (QED) is 0.0153. The number of hydrogen-bond acceptors (Lipinski definition) is 20. The Labute approximate surface area is 660 Å². The summed E-state index contributed by atoms with van der Waals surface area (Å²) in [6.07, 6.45) is 19.6. The molecule has 12 fully saturated rings. The molecule has 0 aromatic carbocycles. The topological polar surface area (TPSA) is 384 Å². The molecule has 0 radical (unpaired) electrons. The van der Waals surface area contributed by atoms with Crippen LogP contribution in [0.3, 0.4) is 0 Å². The number of aryl methyl sites for hydroxylation is 2. The number of rotatable bonds is 23. The summed E-state index contributed by atoms with van der Waals surface area (Å²) in [7, 11) is -7.70. The van der Waals surface area contributed by atoms with Crippen molar-refractivity contribution in [2.75, 3.05) is 40.1 Å². The lowest BCUT2D eigenvalue weighted by molar-refractivity contribution is -0.272. The maximum absolute atomic E-state index is 16.0. The molecule has 6 saturated carbocycles. The van der Waals surface area contributed by atoms with Crippen molar-refractivity contribution >= 4 is 21.5 Å². The standard InChI is InChI=1S/C81H120N12O18P2/c1-44-19-29-80(102-40-44)48(5)69-63(108-80)34-58-54-17-15-50-32-52(21-25-76(50,7)56(54)23-27-78(58,69)9)110-112(99,104-42-65-61(87-90-82)36-67(106-65)92-38-46(3)71(94)85-74(92)97)84-31-13-12-14-60(73(96)101-11)89-113(100,105-43-66-62(88-91-83)37-68(107-66)93-39-47(4)72(95)86-75(93)98)111-53-22-26-77(8)51(33-53)16-18-55-57(77)24-28-79(10)59(55)35-64-70(79)49(6)81(109-64)30-20-45(2)41-103-81/h15-16,38-39,44-45,48-49,52-70H,12-14,17-37,40-43H2,1-11H3,(H,84,99)(H,89,100)(H,85,94,97)(H,86,95,98)/t44-,45-,48+,49+,52?,53?,54-,55-,56+,57+,58+,59+,60?,61+,62+,63+,64+,65-,66-,67-,68-,69+,70+,76+,77+,78+,79+,80-,81-,112?,113?/m1/s1. The number of azide groups is 2. The van der Waals surface area contributed by atoms with Gasteiger partial charge in [-0.2, -0.15) is 0 Å². The second-order valence-corrected chi connectivity index (χ2v) is 41.4. The lowest BCUT2D eigenvalue weighted by Gasteiger charge is -2.58. The van der Waals surface area contributed by atoms with Crippen LogP contribution >= 0.6 is 15.5 Å². The molecule has 8 aliphatic carbocycles. The monoisotopic (exact) mass is 1610 g/mol. The first-order chi connectivity index (χ1) is 53.9. The van der Waals surface area contributed by atoms with Gasteiger partial charge in [-0.3, -0.25) is 51.6 Å². The molecule has 16 rings (SSSR count). The molecule has 6 aliphatic heterocycles. The van der Waals surface area contributed by atoms with E-state index in [1.807, 2.05) is 0 Å². The van der Waals surface area contributed by atoms with Crippen LogP contribution in [0, 0.1) is 107 Å². The Morgan fingerprint density at radius 3 is 1.53 bits per heavy atom. The zero-order valence-corrected chi connectivity index (χ0v) is 69.5. The van der Waals surface area contributed by atoms with E-state index in [9.17, 15) is 35.0 Å². The van der Waals surface area contributed by atoms with E-state index >= 15 is 9.13 Å². The van der Waals surface area contributed by atoms with E-state index < -0.39 is 117 Å². The highest BCUT2D eigenvalue weighted by molar-refractivity contribution is 7.52. The fraction of sp³-hybridized carbons (Fsp3) is 0.840. The minimum absolute atomic E-state index is 0.0158. The largest absolute Gasteiger partial charge is 0.468 e. The Morgan fingerprint density at radius 1 is 0.628 bits per heavy atom. The number of nitrogens with zero attached hydrogens (tertiary/aromatic N) is 8. The maximum atomic E-state index is 16.0. The van der Waals surface area contributed by atoms with Gasteiger partial charge in [0.15, 0.2) is 11.6 Å².